The SMILES string of the molecule is CCOC(=O)C(C(=O)C(C)(C)SCc1ccc(OC)cc1)c1nc(-c2ccccc2)sc1C. The number of aryl methyl sites for hydroxylation is 1. The Bertz CT molecular complexity index is 1090. The van der Waals surface area contributed by atoms with Crippen molar-refractivity contribution >= 4 is 34.9 Å². The predicted octanol–water partition coefficient (Wildman–Crippen LogP) is 6.05. The van der Waals surface area contributed by atoms with Crippen molar-refractivity contribution in [2.75, 3.05) is 13.7 Å². The lowest BCUT2D eigenvalue weighted by molar-refractivity contribution is -0.148. The minimum atomic E-state index is -1.06. The number of nitrogens with zero attached hydrogens (tertiary/aromatic N) is 1. The Morgan fingerprint density at radius 3 is 2.36 bits per heavy atom. The van der Waals surface area contributed by atoms with Crippen LogP contribution in [0.5, 0.6) is 5.75 Å². The van der Waals surface area contributed by atoms with Gasteiger partial charge in [0.15, 0.2) is 11.7 Å². The Morgan fingerprint density at radius 1 is 1.09 bits per heavy atom. The molecule has 1 heterocycles. The van der Waals surface area contributed by atoms with Gasteiger partial charge < -0.3 is 9.47 Å². The van der Waals surface area contributed by atoms with Gasteiger partial charge in [0.2, 0.25) is 0 Å². The first-order chi connectivity index (χ1) is 15.8. The number of thiazole rings is 1. The maximum absolute atomic E-state index is 13.7. The van der Waals surface area contributed by atoms with Gasteiger partial charge in [-0.25, -0.2) is 4.98 Å². The van der Waals surface area contributed by atoms with Crippen molar-refractivity contribution in [3.05, 3.63) is 70.7 Å². The third kappa shape index (κ3) is 6.03. The van der Waals surface area contributed by atoms with Gasteiger partial charge in [-0.15, -0.1) is 23.1 Å². The standard InChI is InChI=1S/C26H29NO4S2/c1-6-31-25(29)21(22-17(2)33-24(27-22)19-10-8-7-9-11-19)23(28)26(3,4)32-16-18-12-14-20(30-5)15-13-18/h7-15,21H,6,16H2,1-5H3. The van der Waals surface area contributed by atoms with E-state index in [0.29, 0.717) is 11.4 Å². The maximum atomic E-state index is 13.7. The van der Waals surface area contributed by atoms with Crippen molar-refractivity contribution in [3.8, 4) is 16.3 Å². The summed E-state index contributed by atoms with van der Waals surface area (Å²) in [5, 5.41) is 0.786. The number of rotatable bonds is 10. The number of ether oxygens (including phenoxy) is 2. The van der Waals surface area contributed by atoms with Gasteiger partial charge in [-0.1, -0.05) is 42.5 Å². The van der Waals surface area contributed by atoms with Crippen LogP contribution in [-0.4, -0.2) is 35.2 Å². The second kappa shape index (κ2) is 11.0. The number of carbonyl (C=O) groups is 2. The highest BCUT2D eigenvalue weighted by molar-refractivity contribution is 8.00. The van der Waals surface area contributed by atoms with Gasteiger partial charge in [-0.3, -0.25) is 9.59 Å². The van der Waals surface area contributed by atoms with E-state index in [2.05, 4.69) is 0 Å². The van der Waals surface area contributed by atoms with E-state index in [0.717, 1.165) is 26.8 Å². The molecule has 0 saturated heterocycles. The fourth-order valence-electron chi connectivity index (χ4n) is 3.35. The van der Waals surface area contributed by atoms with E-state index in [4.69, 9.17) is 14.5 Å². The molecule has 0 aliphatic carbocycles. The molecule has 2 aromatic carbocycles. The van der Waals surface area contributed by atoms with Gasteiger partial charge in [0.1, 0.15) is 10.8 Å². The topological polar surface area (TPSA) is 65.5 Å². The second-order valence-corrected chi connectivity index (χ2v) is 10.8. The van der Waals surface area contributed by atoms with Gasteiger partial charge in [0.25, 0.3) is 0 Å². The number of methoxy groups -OCH3 is 1. The maximum Gasteiger partial charge on any atom is 0.322 e. The number of esters is 1. The number of hydrogen-bond donors (Lipinski definition) is 0. The Morgan fingerprint density at radius 2 is 1.76 bits per heavy atom. The first kappa shape index (κ1) is 25.0. The molecule has 0 amide bonds. The molecule has 0 bridgehead atoms. The lowest BCUT2D eigenvalue weighted by atomic mass is 9.91. The smallest absolute Gasteiger partial charge is 0.322 e. The van der Waals surface area contributed by atoms with Crippen molar-refractivity contribution in [1.82, 2.24) is 4.98 Å². The van der Waals surface area contributed by atoms with Gasteiger partial charge in [0, 0.05) is 16.2 Å². The lowest BCUT2D eigenvalue weighted by Gasteiger charge is -2.26. The van der Waals surface area contributed by atoms with Crippen molar-refractivity contribution in [1.29, 1.82) is 0 Å². The van der Waals surface area contributed by atoms with E-state index in [9.17, 15) is 9.59 Å². The minimum absolute atomic E-state index is 0.201. The van der Waals surface area contributed by atoms with Crippen molar-refractivity contribution in [2.45, 2.75) is 44.1 Å². The van der Waals surface area contributed by atoms with Gasteiger partial charge >= 0.3 is 5.97 Å². The van der Waals surface area contributed by atoms with E-state index in [-0.39, 0.29) is 12.4 Å². The Hall–Kier alpha value is -2.64. The Labute approximate surface area is 203 Å². The number of Topliss-reactive ketones (excluding diaryl/α,β-unsaturated/α-hetero) is 1. The van der Waals surface area contributed by atoms with Crippen LogP contribution in [0.3, 0.4) is 0 Å². The van der Waals surface area contributed by atoms with Crippen LogP contribution in [0.15, 0.2) is 54.6 Å². The molecule has 3 aromatic rings. The van der Waals surface area contributed by atoms with E-state index >= 15 is 0 Å². The summed E-state index contributed by atoms with van der Waals surface area (Å²) in [5.41, 5.74) is 2.52. The summed E-state index contributed by atoms with van der Waals surface area (Å²) in [5.74, 6) is -0.392. The zero-order chi connectivity index (χ0) is 24.0. The van der Waals surface area contributed by atoms with Crippen LogP contribution < -0.4 is 4.74 Å². The van der Waals surface area contributed by atoms with Crippen molar-refractivity contribution in [3.63, 3.8) is 0 Å². The molecule has 3 rings (SSSR count). The monoisotopic (exact) mass is 483 g/mol. The average molecular weight is 484 g/mol. The molecule has 0 spiro atoms. The number of hydrogen-bond acceptors (Lipinski definition) is 7. The molecule has 0 radical (unpaired) electrons. The zero-order valence-electron chi connectivity index (χ0n) is 19.6. The molecule has 1 atom stereocenters. The van der Waals surface area contributed by atoms with Gasteiger partial charge in [0.05, 0.1) is 24.2 Å². The third-order valence-electron chi connectivity index (χ3n) is 5.26. The molecule has 33 heavy (non-hydrogen) atoms. The molecule has 174 valence electrons. The van der Waals surface area contributed by atoms with Gasteiger partial charge in [-0.2, -0.15) is 0 Å². The molecule has 7 heteroatoms. The number of carbonyl (C=O) groups excluding carboxylic acids is 2. The van der Waals surface area contributed by atoms with Crippen LogP contribution in [0.2, 0.25) is 0 Å². The molecule has 1 unspecified atom stereocenters. The quantitative estimate of drug-likeness (QED) is 0.258. The molecule has 0 N–H and O–H groups in total. The minimum Gasteiger partial charge on any atom is -0.497 e. The molecular formula is C26H29NO4S2. The summed E-state index contributed by atoms with van der Waals surface area (Å²) in [4.78, 5) is 32.3. The number of thioether (sulfide) groups is 1. The molecule has 1 aromatic heterocycles. The third-order valence-corrected chi connectivity index (χ3v) is 7.70. The first-order valence-electron chi connectivity index (χ1n) is 10.8. The second-order valence-electron chi connectivity index (χ2n) is 8.02. The largest absolute Gasteiger partial charge is 0.497 e. The van der Waals surface area contributed by atoms with Gasteiger partial charge in [-0.05, 0) is 45.4 Å². The van der Waals surface area contributed by atoms with Crippen LogP contribution >= 0.6 is 23.1 Å². The van der Waals surface area contributed by atoms with E-state index in [1.165, 1.54) is 23.1 Å². The first-order valence-corrected chi connectivity index (χ1v) is 12.6. The summed E-state index contributed by atoms with van der Waals surface area (Å²) >= 11 is 2.98. The fraction of sp³-hybridized carbons (Fsp3) is 0.346. The summed E-state index contributed by atoms with van der Waals surface area (Å²) in [6, 6.07) is 17.5. The summed E-state index contributed by atoms with van der Waals surface area (Å²) < 4.78 is 9.71. The Kier molecular flexibility index (Phi) is 8.32. The average Bonchev–Trinajstić information content (AvgIpc) is 3.20. The predicted molar refractivity (Wildman–Crippen MR) is 135 cm³/mol. The van der Waals surface area contributed by atoms with Crippen molar-refractivity contribution in [2.24, 2.45) is 0 Å². The van der Waals surface area contributed by atoms with E-state index in [1.54, 1.807) is 14.0 Å². The zero-order valence-corrected chi connectivity index (χ0v) is 21.2. The van der Waals surface area contributed by atoms with Crippen molar-refractivity contribution < 1.29 is 19.1 Å². The van der Waals surface area contributed by atoms with Crippen LogP contribution in [-0.2, 0) is 20.1 Å². The summed E-state index contributed by atoms with van der Waals surface area (Å²) in [7, 11) is 1.63. The number of ketones is 1. The highest BCUT2D eigenvalue weighted by Gasteiger charge is 2.42. The lowest BCUT2D eigenvalue weighted by Crippen LogP contribution is -2.38. The van der Waals surface area contributed by atoms with E-state index < -0.39 is 16.6 Å². The number of benzene rings is 2. The van der Waals surface area contributed by atoms with Crippen LogP contribution in [0, 0.1) is 6.92 Å². The van der Waals surface area contributed by atoms with Crippen LogP contribution in [0.4, 0.5) is 0 Å². The highest BCUT2D eigenvalue weighted by Crippen LogP contribution is 2.38. The number of aromatic nitrogens is 1. The molecule has 0 aliphatic rings. The summed E-state index contributed by atoms with van der Waals surface area (Å²) in [6.07, 6.45) is 0. The van der Waals surface area contributed by atoms with E-state index in [1.807, 2.05) is 75.4 Å². The normalized spacial score (nSPS) is 12.3. The van der Waals surface area contributed by atoms with Crippen LogP contribution in [0.25, 0.3) is 10.6 Å². The van der Waals surface area contributed by atoms with Crippen LogP contribution in [0.1, 0.15) is 42.8 Å². The molecule has 0 aliphatic heterocycles. The molecule has 0 saturated carbocycles. The molecule has 0 fully saturated rings. The Balaban J connectivity index is 1.87. The fourth-order valence-corrected chi connectivity index (χ4v) is 5.29. The highest BCUT2D eigenvalue weighted by atomic mass is 32.2. The molecular weight excluding hydrogens is 454 g/mol. The summed E-state index contributed by atoms with van der Waals surface area (Å²) in [6.45, 7) is 7.56. The molecule has 5 nitrogen and oxygen atoms in total.